The highest BCUT2D eigenvalue weighted by Gasteiger charge is 2.20. The predicted molar refractivity (Wildman–Crippen MR) is 73.9 cm³/mol. The Morgan fingerprint density at radius 2 is 1.80 bits per heavy atom. The van der Waals surface area contributed by atoms with Crippen molar-refractivity contribution in [3.8, 4) is 0 Å². The first-order valence-corrected chi connectivity index (χ1v) is 6.16. The van der Waals surface area contributed by atoms with Crippen LogP contribution in [0.3, 0.4) is 0 Å². The summed E-state index contributed by atoms with van der Waals surface area (Å²) in [6, 6.07) is 2.77. The second kappa shape index (κ2) is 5.16. The van der Waals surface area contributed by atoms with Crippen LogP contribution in [0.5, 0.6) is 0 Å². The molecule has 0 fully saturated rings. The zero-order valence-electron chi connectivity index (χ0n) is 11.1. The van der Waals surface area contributed by atoms with Crippen LogP contribution in [0.2, 0.25) is 0 Å². The van der Waals surface area contributed by atoms with Crippen LogP contribution in [0.15, 0.2) is 16.9 Å². The zero-order valence-corrected chi connectivity index (χ0v) is 11.1. The minimum atomic E-state index is -0.584. The Bertz CT molecular complexity index is 744. The fourth-order valence-corrected chi connectivity index (χ4v) is 2.29. The van der Waals surface area contributed by atoms with Crippen LogP contribution < -0.4 is 11.0 Å². The van der Waals surface area contributed by atoms with Gasteiger partial charge in [-0.15, -0.1) is 0 Å². The Morgan fingerprint density at radius 3 is 2.25 bits per heavy atom. The molecule has 8 nitrogen and oxygen atoms in total. The monoisotopic (exact) mass is 278 g/mol. The molecule has 0 aliphatic rings. The van der Waals surface area contributed by atoms with E-state index in [1.54, 1.807) is 6.92 Å². The van der Waals surface area contributed by atoms with Gasteiger partial charge in [-0.05, 0) is 19.9 Å². The summed E-state index contributed by atoms with van der Waals surface area (Å²) in [5, 5.41) is 13.4. The average molecular weight is 278 g/mol. The lowest BCUT2D eigenvalue weighted by Gasteiger charge is -2.04. The van der Waals surface area contributed by atoms with E-state index in [0.717, 1.165) is 0 Å². The highest BCUT2D eigenvalue weighted by Crippen LogP contribution is 2.29. The van der Waals surface area contributed by atoms with E-state index < -0.39 is 4.92 Å². The van der Waals surface area contributed by atoms with Gasteiger partial charge in [-0.25, -0.2) is 4.79 Å². The van der Waals surface area contributed by atoms with E-state index in [1.807, 2.05) is 6.92 Å². The molecule has 0 aliphatic heterocycles. The van der Waals surface area contributed by atoms with Gasteiger partial charge in [0.15, 0.2) is 0 Å². The molecule has 1 aromatic heterocycles. The van der Waals surface area contributed by atoms with Crippen molar-refractivity contribution in [1.82, 2.24) is 9.13 Å². The molecule has 0 spiro atoms. The van der Waals surface area contributed by atoms with Gasteiger partial charge >= 0.3 is 5.69 Å². The van der Waals surface area contributed by atoms with Crippen molar-refractivity contribution < 1.29 is 9.72 Å². The first-order valence-electron chi connectivity index (χ1n) is 6.16. The second-order valence-corrected chi connectivity index (χ2v) is 4.15. The standard InChI is InChI=1S/C12H14N4O4/c1-3-14-10-5-8(13-7-17)9(16(19)20)6-11(10)15(4-2)12(14)18/h5-7H,3-4H2,1-2H3,(H,13,17). The molecule has 0 atom stereocenters. The molecule has 2 aromatic rings. The van der Waals surface area contributed by atoms with E-state index in [2.05, 4.69) is 5.32 Å². The van der Waals surface area contributed by atoms with E-state index in [0.29, 0.717) is 30.5 Å². The SMILES string of the molecule is CCn1c(=O)n(CC)c2cc([N+](=O)[O-])c(NC=O)cc21. The minimum Gasteiger partial charge on any atom is -0.323 e. The number of imidazole rings is 1. The van der Waals surface area contributed by atoms with Gasteiger partial charge in [-0.2, -0.15) is 0 Å². The first kappa shape index (κ1) is 13.8. The van der Waals surface area contributed by atoms with Crippen LogP contribution in [0.25, 0.3) is 11.0 Å². The van der Waals surface area contributed by atoms with Crippen LogP contribution in [-0.4, -0.2) is 20.5 Å². The van der Waals surface area contributed by atoms with Crippen molar-refractivity contribution >= 4 is 28.8 Å². The smallest absolute Gasteiger partial charge is 0.323 e. The highest BCUT2D eigenvalue weighted by molar-refractivity contribution is 5.89. The number of aryl methyl sites for hydroxylation is 2. The van der Waals surface area contributed by atoms with Gasteiger partial charge < -0.3 is 5.32 Å². The van der Waals surface area contributed by atoms with Crippen molar-refractivity contribution in [2.75, 3.05) is 5.32 Å². The summed E-state index contributed by atoms with van der Waals surface area (Å²) in [5.74, 6) is 0. The Morgan fingerprint density at radius 1 is 1.25 bits per heavy atom. The number of anilines is 1. The summed E-state index contributed by atoms with van der Waals surface area (Å²) < 4.78 is 2.98. The van der Waals surface area contributed by atoms with Gasteiger partial charge in [0.1, 0.15) is 5.69 Å². The molecule has 0 unspecified atom stereocenters. The van der Waals surface area contributed by atoms with Gasteiger partial charge in [0.05, 0.1) is 16.0 Å². The van der Waals surface area contributed by atoms with Crippen LogP contribution in [-0.2, 0) is 17.9 Å². The van der Waals surface area contributed by atoms with E-state index in [-0.39, 0.29) is 17.1 Å². The number of carbonyl (C=O) groups excluding carboxylic acids is 1. The predicted octanol–water partition coefficient (Wildman–Crippen LogP) is 1.32. The highest BCUT2D eigenvalue weighted by atomic mass is 16.6. The van der Waals surface area contributed by atoms with Crippen LogP contribution in [0.1, 0.15) is 13.8 Å². The van der Waals surface area contributed by atoms with Crippen molar-refractivity contribution in [3.63, 3.8) is 0 Å². The molecule has 8 heteroatoms. The Kier molecular flexibility index (Phi) is 3.55. The number of aromatic nitrogens is 2. The number of carbonyl (C=O) groups is 1. The summed E-state index contributed by atoms with van der Waals surface area (Å²) in [6.07, 6.45) is 0.374. The molecule has 20 heavy (non-hydrogen) atoms. The number of rotatable bonds is 5. The van der Waals surface area contributed by atoms with Gasteiger partial charge in [-0.3, -0.25) is 24.0 Å². The number of hydrogen-bond acceptors (Lipinski definition) is 4. The largest absolute Gasteiger partial charge is 0.329 e. The number of nitro benzene ring substituents is 1. The van der Waals surface area contributed by atoms with Crippen molar-refractivity contribution in [1.29, 1.82) is 0 Å². The van der Waals surface area contributed by atoms with E-state index >= 15 is 0 Å². The fourth-order valence-electron chi connectivity index (χ4n) is 2.29. The third-order valence-corrected chi connectivity index (χ3v) is 3.18. The van der Waals surface area contributed by atoms with E-state index in [1.165, 1.54) is 21.3 Å². The maximum absolute atomic E-state index is 12.2. The molecule has 0 saturated heterocycles. The summed E-state index contributed by atoms with van der Waals surface area (Å²) in [6.45, 7) is 4.47. The van der Waals surface area contributed by atoms with Crippen molar-refractivity contribution in [2.24, 2.45) is 0 Å². The van der Waals surface area contributed by atoms with E-state index in [9.17, 15) is 19.7 Å². The average Bonchev–Trinajstić information content (AvgIpc) is 2.68. The molecule has 1 aromatic carbocycles. The molecule has 1 amide bonds. The molecule has 0 aliphatic carbocycles. The quantitative estimate of drug-likeness (QED) is 0.506. The lowest BCUT2D eigenvalue weighted by molar-refractivity contribution is -0.383. The van der Waals surface area contributed by atoms with Gasteiger partial charge in [0, 0.05) is 19.2 Å². The number of nitrogens with zero attached hydrogens (tertiary/aromatic N) is 3. The lowest BCUT2D eigenvalue weighted by Crippen LogP contribution is -2.23. The molecule has 106 valence electrons. The van der Waals surface area contributed by atoms with Gasteiger partial charge in [0.2, 0.25) is 6.41 Å². The third kappa shape index (κ3) is 1.94. The van der Waals surface area contributed by atoms with Gasteiger partial charge in [-0.1, -0.05) is 0 Å². The topological polar surface area (TPSA) is 99.2 Å². The number of hydrogen-bond donors (Lipinski definition) is 1. The van der Waals surface area contributed by atoms with Crippen LogP contribution >= 0.6 is 0 Å². The number of nitrogens with one attached hydrogen (secondary N) is 1. The van der Waals surface area contributed by atoms with Crippen molar-refractivity contribution in [2.45, 2.75) is 26.9 Å². The van der Waals surface area contributed by atoms with Crippen LogP contribution in [0, 0.1) is 10.1 Å². The molecule has 2 rings (SSSR count). The Balaban J connectivity index is 2.90. The molecular formula is C12H14N4O4. The minimum absolute atomic E-state index is 0.0768. The van der Waals surface area contributed by atoms with E-state index in [4.69, 9.17) is 0 Å². The first-order chi connectivity index (χ1) is 9.54. The fraction of sp³-hybridized carbons (Fsp3) is 0.333. The van der Waals surface area contributed by atoms with Gasteiger partial charge in [0.25, 0.3) is 5.69 Å². The van der Waals surface area contributed by atoms with Crippen LogP contribution in [0.4, 0.5) is 11.4 Å². The number of nitro groups is 1. The second-order valence-electron chi connectivity index (χ2n) is 4.15. The Labute approximate surface area is 113 Å². The summed E-state index contributed by atoms with van der Waals surface area (Å²) in [7, 11) is 0. The normalized spacial score (nSPS) is 10.7. The summed E-state index contributed by atoms with van der Waals surface area (Å²) >= 11 is 0. The Hall–Kier alpha value is -2.64. The summed E-state index contributed by atoms with van der Waals surface area (Å²) in [4.78, 5) is 33.2. The molecule has 0 bridgehead atoms. The number of amides is 1. The summed E-state index contributed by atoms with van der Waals surface area (Å²) in [5.41, 5.74) is 0.673. The number of benzene rings is 1. The third-order valence-electron chi connectivity index (χ3n) is 3.18. The number of fused-ring (bicyclic) bond motifs is 1. The zero-order chi connectivity index (χ0) is 14.9. The maximum Gasteiger partial charge on any atom is 0.329 e. The molecule has 0 radical (unpaired) electrons. The maximum atomic E-state index is 12.2. The molecule has 0 saturated carbocycles. The molecular weight excluding hydrogens is 264 g/mol. The molecule has 1 N–H and O–H groups in total. The lowest BCUT2D eigenvalue weighted by atomic mass is 10.2. The molecule has 1 heterocycles. The van der Waals surface area contributed by atoms with Crippen molar-refractivity contribution in [3.05, 3.63) is 32.7 Å².